The van der Waals surface area contributed by atoms with Gasteiger partial charge in [0.1, 0.15) is 0 Å². The van der Waals surface area contributed by atoms with Crippen LogP contribution in [-0.4, -0.2) is 0 Å². The molecule has 0 fully saturated rings. The highest BCUT2D eigenvalue weighted by atomic mass is 14.0. The highest BCUT2D eigenvalue weighted by molar-refractivity contribution is 5.71. The van der Waals surface area contributed by atoms with Gasteiger partial charge in [0, 0.05) is 0 Å². The van der Waals surface area contributed by atoms with Crippen LogP contribution in [0.15, 0.2) is 67.3 Å². The zero-order valence-corrected chi connectivity index (χ0v) is 18.4. The molecule has 0 aromatic heterocycles. The molecular formula is C26H40. The number of hydrogen-bond donors (Lipinski definition) is 0. The summed E-state index contributed by atoms with van der Waals surface area (Å²) in [5.74, 6) is 0. The summed E-state index contributed by atoms with van der Waals surface area (Å²) >= 11 is 0. The van der Waals surface area contributed by atoms with Crippen molar-refractivity contribution >= 4 is 5.57 Å². The van der Waals surface area contributed by atoms with Crippen LogP contribution >= 0.6 is 0 Å². The van der Waals surface area contributed by atoms with Gasteiger partial charge in [-0.05, 0) is 49.5 Å². The molecule has 0 atom stereocenters. The van der Waals surface area contributed by atoms with Crippen LogP contribution in [0.3, 0.4) is 0 Å². The number of hydrogen-bond acceptors (Lipinski definition) is 0. The average Bonchev–Trinajstić information content (AvgIpc) is 2.68. The Morgan fingerprint density at radius 1 is 0.808 bits per heavy atom. The third-order valence-electron chi connectivity index (χ3n) is 3.62. The van der Waals surface area contributed by atoms with E-state index in [1.165, 1.54) is 28.7 Å². The lowest BCUT2D eigenvalue weighted by Gasteiger charge is -2.00. The van der Waals surface area contributed by atoms with Crippen molar-refractivity contribution in [1.82, 2.24) is 0 Å². The second kappa shape index (κ2) is 17.7. The Labute approximate surface area is 163 Å². The van der Waals surface area contributed by atoms with Crippen molar-refractivity contribution < 1.29 is 0 Å². The Morgan fingerprint density at radius 3 is 1.65 bits per heavy atom. The largest absolute Gasteiger partial charge is 0.0912 e. The molecule has 2 aromatic rings. The van der Waals surface area contributed by atoms with Crippen LogP contribution in [-0.2, 0) is 0 Å². The van der Waals surface area contributed by atoms with Crippen LogP contribution in [0, 0.1) is 20.8 Å². The molecule has 2 aromatic carbocycles. The molecule has 0 heterocycles. The van der Waals surface area contributed by atoms with Gasteiger partial charge >= 0.3 is 0 Å². The van der Waals surface area contributed by atoms with E-state index < -0.39 is 0 Å². The Morgan fingerprint density at radius 2 is 1.27 bits per heavy atom. The first-order valence-electron chi connectivity index (χ1n) is 9.99. The molecule has 0 aliphatic carbocycles. The van der Waals surface area contributed by atoms with E-state index in [1.54, 1.807) is 0 Å². The standard InChI is InChI=1S/C14H18.C8H10.2C2H6/c1-4-5-6-7-13(3)14-10-8-12(2)9-11-14;1-7-5-3-4-6-8(7)2;2*1-2/h6-11H,3-5H2,1-2H3;3-6H,1-2H3;2*1-2H3/b7-6-;;;. The summed E-state index contributed by atoms with van der Waals surface area (Å²) in [6, 6.07) is 16.8. The van der Waals surface area contributed by atoms with Gasteiger partial charge in [0.2, 0.25) is 0 Å². The predicted octanol–water partition coefficient (Wildman–Crippen LogP) is 8.72. The number of benzene rings is 2. The second-order valence-electron chi connectivity index (χ2n) is 5.67. The third kappa shape index (κ3) is 12.3. The van der Waals surface area contributed by atoms with Crippen molar-refractivity contribution in [2.75, 3.05) is 0 Å². The molecule has 0 heteroatoms. The van der Waals surface area contributed by atoms with Gasteiger partial charge in [-0.2, -0.15) is 0 Å². The third-order valence-corrected chi connectivity index (χ3v) is 3.62. The molecule has 0 aliphatic rings. The summed E-state index contributed by atoms with van der Waals surface area (Å²) in [5, 5.41) is 0. The maximum atomic E-state index is 4.04. The highest BCUT2D eigenvalue weighted by Gasteiger charge is 1.93. The molecule has 0 saturated carbocycles. The van der Waals surface area contributed by atoms with E-state index in [9.17, 15) is 0 Å². The lowest BCUT2D eigenvalue weighted by molar-refractivity contribution is 0.959. The van der Waals surface area contributed by atoms with Gasteiger partial charge in [0.05, 0.1) is 0 Å². The van der Waals surface area contributed by atoms with Crippen LogP contribution in [0.4, 0.5) is 0 Å². The smallest absolute Gasteiger partial charge is 0.0190 e. The van der Waals surface area contributed by atoms with E-state index in [2.05, 4.69) is 95.0 Å². The quantitative estimate of drug-likeness (QED) is 0.482. The maximum absolute atomic E-state index is 4.04. The lowest BCUT2D eigenvalue weighted by Crippen LogP contribution is -1.79. The molecular weight excluding hydrogens is 312 g/mol. The summed E-state index contributed by atoms with van der Waals surface area (Å²) in [4.78, 5) is 0. The normalized spacial score (nSPS) is 9.08. The molecule has 0 amide bonds. The Balaban J connectivity index is 0. The number of aryl methyl sites for hydroxylation is 3. The van der Waals surface area contributed by atoms with Crippen LogP contribution in [0.2, 0.25) is 0 Å². The fraction of sp³-hybridized carbons (Fsp3) is 0.385. The van der Waals surface area contributed by atoms with E-state index in [4.69, 9.17) is 0 Å². The van der Waals surface area contributed by atoms with E-state index >= 15 is 0 Å². The Bertz CT molecular complexity index is 579. The Kier molecular flexibility index (Phi) is 17.8. The van der Waals surface area contributed by atoms with Gasteiger partial charge in [-0.15, -0.1) is 0 Å². The maximum Gasteiger partial charge on any atom is -0.0190 e. The van der Waals surface area contributed by atoms with E-state index in [-0.39, 0.29) is 0 Å². The van der Waals surface area contributed by atoms with Gasteiger partial charge < -0.3 is 0 Å². The van der Waals surface area contributed by atoms with Crippen molar-refractivity contribution in [2.24, 2.45) is 0 Å². The number of rotatable bonds is 4. The fourth-order valence-electron chi connectivity index (χ4n) is 1.92. The lowest BCUT2D eigenvalue weighted by atomic mass is 10.1. The first-order valence-corrected chi connectivity index (χ1v) is 9.99. The van der Waals surface area contributed by atoms with Crippen molar-refractivity contribution in [1.29, 1.82) is 0 Å². The SMILES string of the molecule is C=C(/C=C\CCC)c1ccc(C)cc1.CC.CC.Cc1ccccc1C. The van der Waals surface area contributed by atoms with Gasteiger partial charge in [-0.1, -0.05) is 114 Å². The van der Waals surface area contributed by atoms with Crippen LogP contribution in [0.1, 0.15) is 69.7 Å². The van der Waals surface area contributed by atoms with Gasteiger partial charge in [0.15, 0.2) is 0 Å². The average molecular weight is 353 g/mol. The first kappa shape index (κ1) is 26.2. The minimum Gasteiger partial charge on any atom is -0.0912 e. The molecule has 26 heavy (non-hydrogen) atoms. The molecule has 0 radical (unpaired) electrons. The second-order valence-corrected chi connectivity index (χ2v) is 5.67. The highest BCUT2D eigenvalue weighted by Crippen LogP contribution is 2.14. The van der Waals surface area contributed by atoms with Gasteiger partial charge in [-0.25, -0.2) is 0 Å². The summed E-state index contributed by atoms with van der Waals surface area (Å²) in [6.07, 6.45) is 6.61. The fourth-order valence-corrected chi connectivity index (χ4v) is 1.92. The number of unbranched alkanes of at least 4 members (excludes halogenated alkanes) is 1. The first-order chi connectivity index (χ1) is 12.5. The molecule has 0 N–H and O–H groups in total. The minimum atomic E-state index is 1.10. The van der Waals surface area contributed by atoms with E-state index in [0.717, 1.165) is 12.0 Å². The molecule has 2 rings (SSSR count). The topological polar surface area (TPSA) is 0 Å². The van der Waals surface area contributed by atoms with E-state index in [0.29, 0.717) is 0 Å². The van der Waals surface area contributed by atoms with Crippen LogP contribution in [0.5, 0.6) is 0 Å². The number of allylic oxidation sites excluding steroid dienone is 3. The van der Waals surface area contributed by atoms with Crippen molar-refractivity contribution in [2.45, 2.75) is 68.2 Å². The Hall–Kier alpha value is -2.08. The monoisotopic (exact) mass is 352 g/mol. The molecule has 0 spiro atoms. The zero-order valence-electron chi connectivity index (χ0n) is 18.4. The molecule has 0 bridgehead atoms. The molecule has 0 nitrogen and oxygen atoms in total. The summed E-state index contributed by atoms with van der Waals surface area (Å²) in [5.41, 5.74) is 6.33. The predicted molar refractivity (Wildman–Crippen MR) is 123 cm³/mol. The molecule has 0 saturated heterocycles. The summed E-state index contributed by atoms with van der Waals surface area (Å²) in [6.45, 7) is 20.6. The van der Waals surface area contributed by atoms with Gasteiger partial charge in [0.25, 0.3) is 0 Å². The molecule has 0 aliphatic heterocycles. The van der Waals surface area contributed by atoms with Gasteiger partial charge in [-0.3, -0.25) is 0 Å². The minimum absolute atomic E-state index is 1.10. The summed E-state index contributed by atoms with van der Waals surface area (Å²) < 4.78 is 0. The van der Waals surface area contributed by atoms with Crippen molar-refractivity contribution in [3.05, 3.63) is 89.5 Å². The zero-order chi connectivity index (χ0) is 20.4. The summed E-state index contributed by atoms with van der Waals surface area (Å²) in [7, 11) is 0. The van der Waals surface area contributed by atoms with Crippen molar-refractivity contribution in [3.63, 3.8) is 0 Å². The van der Waals surface area contributed by atoms with Crippen molar-refractivity contribution in [3.8, 4) is 0 Å². The van der Waals surface area contributed by atoms with Crippen LogP contribution < -0.4 is 0 Å². The molecule has 144 valence electrons. The van der Waals surface area contributed by atoms with Crippen LogP contribution in [0.25, 0.3) is 5.57 Å². The van der Waals surface area contributed by atoms with E-state index in [1.807, 2.05) is 27.7 Å². The molecule has 0 unspecified atom stereocenters.